The highest BCUT2D eigenvalue weighted by Crippen LogP contribution is 2.36. The lowest BCUT2D eigenvalue weighted by molar-refractivity contribution is 0.0564. The lowest BCUT2D eigenvalue weighted by Crippen LogP contribution is -2.49. The smallest absolute Gasteiger partial charge is 0.289 e. The summed E-state index contributed by atoms with van der Waals surface area (Å²) in [6.45, 7) is 1.90. The first-order valence-corrected chi connectivity index (χ1v) is 9.81. The van der Waals surface area contributed by atoms with Crippen molar-refractivity contribution in [2.75, 3.05) is 13.1 Å². The number of rotatable bonds is 2. The van der Waals surface area contributed by atoms with Crippen molar-refractivity contribution in [3.05, 3.63) is 81.4 Å². The van der Waals surface area contributed by atoms with Crippen LogP contribution in [0.4, 0.5) is 0 Å². The van der Waals surface area contributed by atoms with E-state index in [9.17, 15) is 9.59 Å². The third-order valence-electron chi connectivity index (χ3n) is 5.72. The molecule has 28 heavy (non-hydrogen) atoms. The highest BCUT2D eigenvalue weighted by atomic mass is 35.5. The predicted molar refractivity (Wildman–Crippen MR) is 107 cm³/mol. The van der Waals surface area contributed by atoms with Gasteiger partial charge < -0.3 is 13.9 Å². The summed E-state index contributed by atoms with van der Waals surface area (Å²) in [5.74, 6) is 1.26. The van der Waals surface area contributed by atoms with Gasteiger partial charge in [-0.15, -0.1) is 0 Å². The van der Waals surface area contributed by atoms with Gasteiger partial charge >= 0.3 is 0 Å². The molecule has 1 amide bonds. The van der Waals surface area contributed by atoms with Gasteiger partial charge in [0.15, 0.2) is 5.76 Å². The van der Waals surface area contributed by atoms with Gasteiger partial charge in [-0.2, -0.15) is 0 Å². The summed E-state index contributed by atoms with van der Waals surface area (Å²) in [6.07, 6.45) is 1.01. The monoisotopic (exact) mass is 394 g/mol. The van der Waals surface area contributed by atoms with Crippen molar-refractivity contribution in [2.24, 2.45) is 5.92 Å². The predicted octanol–water partition coefficient (Wildman–Crippen LogP) is 4.02. The van der Waals surface area contributed by atoms with E-state index in [1.807, 2.05) is 33.7 Å². The summed E-state index contributed by atoms with van der Waals surface area (Å²) in [4.78, 5) is 27.1. The molecule has 142 valence electrons. The Hall–Kier alpha value is -2.79. The highest BCUT2D eigenvalue weighted by Gasteiger charge is 2.37. The third kappa shape index (κ3) is 2.87. The number of likely N-dealkylation sites (tertiary alicyclic amines) is 1. The van der Waals surface area contributed by atoms with E-state index in [1.54, 1.807) is 30.3 Å². The fourth-order valence-electron chi connectivity index (χ4n) is 4.48. The minimum absolute atomic E-state index is 0.0439. The number of amides is 1. The van der Waals surface area contributed by atoms with Crippen LogP contribution in [0.5, 0.6) is 0 Å². The van der Waals surface area contributed by atoms with Crippen molar-refractivity contribution in [1.29, 1.82) is 0 Å². The molecule has 3 aromatic rings. The van der Waals surface area contributed by atoms with E-state index in [0.29, 0.717) is 36.2 Å². The zero-order valence-corrected chi connectivity index (χ0v) is 15.9. The normalized spacial score (nSPS) is 20.7. The molecule has 2 bridgehead atoms. The van der Waals surface area contributed by atoms with E-state index in [2.05, 4.69) is 0 Å². The van der Waals surface area contributed by atoms with Crippen LogP contribution in [0.2, 0.25) is 5.02 Å². The summed E-state index contributed by atoms with van der Waals surface area (Å²) in [7, 11) is 0. The fourth-order valence-corrected chi connectivity index (χ4v) is 4.71. The molecular formula is C22H19ClN2O3. The molecule has 5 nitrogen and oxygen atoms in total. The zero-order chi connectivity index (χ0) is 19.3. The molecule has 2 atom stereocenters. The second kappa shape index (κ2) is 6.67. The van der Waals surface area contributed by atoms with E-state index in [4.69, 9.17) is 16.0 Å². The lowest BCUT2D eigenvalue weighted by Gasteiger charge is -2.42. The molecule has 1 saturated heterocycles. The maximum absolute atomic E-state index is 13.1. The van der Waals surface area contributed by atoms with Crippen molar-refractivity contribution in [3.63, 3.8) is 0 Å². The number of piperidine rings is 1. The number of aromatic nitrogens is 1. The van der Waals surface area contributed by atoms with E-state index in [-0.39, 0.29) is 23.3 Å². The Morgan fingerprint density at radius 2 is 1.86 bits per heavy atom. The summed E-state index contributed by atoms with van der Waals surface area (Å²) < 4.78 is 7.71. The molecule has 0 spiro atoms. The van der Waals surface area contributed by atoms with E-state index in [0.717, 1.165) is 17.7 Å². The Bertz CT molecular complexity index is 1120. The highest BCUT2D eigenvalue weighted by molar-refractivity contribution is 6.33. The molecule has 2 aromatic heterocycles. The summed E-state index contributed by atoms with van der Waals surface area (Å²) in [5, 5.41) is 0.588. The minimum Gasteiger partial charge on any atom is -0.451 e. The number of furan rings is 1. The summed E-state index contributed by atoms with van der Waals surface area (Å²) in [5.41, 5.74) is 1.84. The van der Waals surface area contributed by atoms with Crippen LogP contribution in [0, 0.1) is 5.92 Å². The molecule has 2 aliphatic rings. The minimum atomic E-state index is -0.111. The Morgan fingerprint density at radius 3 is 2.71 bits per heavy atom. The molecule has 1 aromatic carbocycles. The average Bonchev–Trinajstić information content (AvgIpc) is 3.18. The number of halogens is 1. The molecule has 0 unspecified atom stereocenters. The van der Waals surface area contributed by atoms with E-state index >= 15 is 0 Å². The number of carbonyl (C=O) groups is 1. The average molecular weight is 395 g/mol. The summed E-state index contributed by atoms with van der Waals surface area (Å²) >= 11 is 6.24. The molecule has 0 N–H and O–H groups in total. The number of hydrogen-bond acceptors (Lipinski definition) is 3. The first kappa shape index (κ1) is 17.3. The van der Waals surface area contributed by atoms with Crippen LogP contribution in [0.3, 0.4) is 0 Å². The number of benzene rings is 1. The van der Waals surface area contributed by atoms with Crippen LogP contribution >= 0.6 is 11.6 Å². The first-order chi connectivity index (χ1) is 13.6. The number of pyridine rings is 1. The largest absolute Gasteiger partial charge is 0.451 e. The number of carbonyl (C=O) groups excluding carboxylic acids is 1. The quantitative estimate of drug-likeness (QED) is 0.659. The lowest BCUT2D eigenvalue weighted by atomic mass is 9.83. The standard InChI is InChI=1S/C22H19ClN2O3/c23-17-5-2-1-4-16(17)19-8-9-20(28-19)22(27)24-11-14-10-15(13-24)18-6-3-7-21(26)25(18)12-14/h1-9,14-15H,10-13H2/t14-,15+/m0/s1. The van der Waals surface area contributed by atoms with E-state index in [1.165, 1.54) is 0 Å². The van der Waals surface area contributed by atoms with Crippen molar-refractivity contribution >= 4 is 17.5 Å². The van der Waals surface area contributed by atoms with Crippen LogP contribution in [-0.4, -0.2) is 28.5 Å². The molecule has 6 heteroatoms. The molecule has 2 aliphatic heterocycles. The number of fused-ring (bicyclic) bond motifs is 4. The van der Waals surface area contributed by atoms with Gasteiger partial charge in [-0.05, 0) is 42.7 Å². The van der Waals surface area contributed by atoms with Gasteiger partial charge in [0.1, 0.15) is 5.76 Å². The van der Waals surface area contributed by atoms with Gasteiger partial charge in [0, 0.05) is 42.9 Å². The molecule has 0 aliphatic carbocycles. The Kier molecular flexibility index (Phi) is 4.13. The van der Waals surface area contributed by atoms with Crippen LogP contribution in [0.15, 0.2) is 63.8 Å². The number of nitrogens with zero attached hydrogens (tertiary/aromatic N) is 2. The Balaban J connectivity index is 1.40. The van der Waals surface area contributed by atoms with Crippen molar-refractivity contribution in [3.8, 4) is 11.3 Å². The Labute approximate surface area is 167 Å². The zero-order valence-electron chi connectivity index (χ0n) is 15.2. The van der Waals surface area contributed by atoms with Gasteiger partial charge in [0.05, 0.1) is 5.02 Å². The van der Waals surface area contributed by atoms with Crippen LogP contribution in [0.1, 0.15) is 28.6 Å². The second-order valence-electron chi connectivity index (χ2n) is 7.55. The van der Waals surface area contributed by atoms with Gasteiger partial charge in [0.25, 0.3) is 11.5 Å². The van der Waals surface area contributed by atoms with Crippen LogP contribution in [-0.2, 0) is 6.54 Å². The second-order valence-corrected chi connectivity index (χ2v) is 7.96. The molecule has 5 rings (SSSR count). The molecule has 1 fully saturated rings. The van der Waals surface area contributed by atoms with Crippen molar-refractivity contribution < 1.29 is 9.21 Å². The maximum atomic E-state index is 13.1. The van der Waals surface area contributed by atoms with Crippen LogP contribution < -0.4 is 5.56 Å². The van der Waals surface area contributed by atoms with Gasteiger partial charge in [-0.3, -0.25) is 9.59 Å². The molecule has 4 heterocycles. The SMILES string of the molecule is O=C(c1ccc(-c2ccccc2Cl)o1)N1C[C@@H]2C[C@H](C1)c1cccc(=O)n1C2. The van der Waals surface area contributed by atoms with Crippen molar-refractivity contribution in [1.82, 2.24) is 9.47 Å². The van der Waals surface area contributed by atoms with Gasteiger partial charge in [-0.25, -0.2) is 0 Å². The molecule has 0 saturated carbocycles. The number of hydrogen-bond donors (Lipinski definition) is 0. The maximum Gasteiger partial charge on any atom is 0.289 e. The first-order valence-electron chi connectivity index (χ1n) is 9.44. The molecule has 0 radical (unpaired) electrons. The van der Waals surface area contributed by atoms with Gasteiger partial charge in [0.2, 0.25) is 0 Å². The summed E-state index contributed by atoms with van der Waals surface area (Å²) in [6, 6.07) is 16.3. The third-order valence-corrected chi connectivity index (χ3v) is 6.05. The van der Waals surface area contributed by atoms with E-state index < -0.39 is 0 Å². The van der Waals surface area contributed by atoms with Crippen LogP contribution in [0.25, 0.3) is 11.3 Å². The van der Waals surface area contributed by atoms with Gasteiger partial charge in [-0.1, -0.05) is 29.8 Å². The topological polar surface area (TPSA) is 55.5 Å². The Morgan fingerprint density at radius 1 is 1.00 bits per heavy atom. The molecular weight excluding hydrogens is 376 g/mol. The fraction of sp³-hybridized carbons (Fsp3) is 0.273. The van der Waals surface area contributed by atoms with Crippen molar-refractivity contribution in [2.45, 2.75) is 18.9 Å².